The van der Waals surface area contributed by atoms with Crippen molar-refractivity contribution in [2.45, 2.75) is 25.7 Å². The summed E-state index contributed by atoms with van der Waals surface area (Å²) in [6, 6.07) is 3.66. The molecule has 1 aromatic carbocycles. The summed E-state index contributed by atoms with van der Waals surface area (Å²) in [4.78, 5) is 27.6. The lowest BCUT2D eigenvalue weighted by Crippen LogP contribution is -2.26. The van der Waals surface area contributed by atoms with Crippen molar-refractivity contribution in [1.29, 1.82) is 0 Å². The van der Waals surface area contributed by atoms with Gasteiger partial charge in [0.05, 0.1) is 29.7 Å². The predicted octanol–water partition coefficient (Wildman–Crippen LogP) is 3.79. The van der Waals surface area contributed by atoms with Crippen molar-refractivity contribution < 1.29 is 31.5 Å². The van der Waals surface area contributed by atoms with E-state index in [9.17, 15) is 31.5 Å². The summed E-state index contributed by atoms with van der Waals surface area (Å²) >= 11 is 9.02. The molecule has 1 aliphatic rings. The minimum absolute atomic E-state index is 0.0543. The molecule has 2 amide bonds. The number of primary amides is 1. The lowest BCUT2D eigenvalue weighted by Gasteiger charge is -2.15. The molecule has 0 spiro atoms. The Kier molecular flexibility index (Phi) is 7.38. The largest absolute Gasteiger partial charge is 0.454 e. The van der Waals surface area contributed by atoms with Gasteiger partial charge in [0.25, 0.3) is 24.1 Å². The number of hydrazone groups is 1. The molecule has 180 valence electrons. The molecular weight excluding hydrogens is 557 g/mol. The molecule has 0 unspecified atom stereocenters. The second-order valence-corrected chi connectivity index (χ2v) is 7.90. The van der Waals surface area contributed by atoms with Crippen LogP contribution in [0.1, 0.15) is 26.5 Å². The van der Waals surface area contributed by atoms with Crippen LogP contribution in [0.2, 0.25) is 5.02 Å². The molecule has 0 saturated heterocycles. The van der Waals surface area contributed by atoms with Gasteiger partial charge in [-0.3, -0.25) is 19.3 Å². The highest BCUT2D eigenvalue weighted by molar-refractivity contribution is 9.10. The van der Waals surface area contributed by atoms with Crippen molar-refractivity contribution in [3.05, 3.63) is 50.8 Å². The number of halogens is 7. The summed E-state index contributed by atoms with van der Waals surface area (Å²) < 4.78 is 65.4. The van der Waals surface area contributed by atoms with E-state index in [0.717, 1.165) is 17.3 Å². The Morgan fingerprint density at radius 2 is 1.97 bits per heavy atom. The molecule has 1 aromatic heterocycles. The normalized spacial score (nSPS) is 13.4. The first-order chi connectivity index (χ1) is 15.8. The Balaban J connectivity index is 1.92. The Labute approximate surface area is 200 Å². The molecular formula is C18H12BrClF5N7O2. The third kappa shape index (κ3) is 5.98. The number of nitrogens with zero attached hydrogens (tertiary/aromatic N) is 5. The van der Waals surface area contributed by atoms with Gasteiger partial charge < -0.3 is 11.1 Å². The maximum Gasteiger partial charge on any atom is 0.454 e. The highest BCUT2D eigenvalue weighted by atomic mass is 79.9. The molecule has 3 N–H and O–H groups in total. The lowest BCUT2D eigenvalue weighted by molar-refractivity contribution is -0.0610. The van der Waals surface area contributed by atoms with Crippen LogP contribution in [0.3, 0.4) is 0 Å². The molecule has 1 aliphatic heterocycles. The van der Waals surface area contributed by atoms with Gasteiger partial charge in [0.1, 0.15) is 12.2 Å². The van der Waals surface area contributed by atoms with Gasteiger partial charge in [-0.2, -0.15) is 23.3 Å². The van der Waals surface area contributed by atoms with Gasteiger partial charge in [0.2, 0.25) is 0 Å². The molecule has 2 aromatic rings. The third-order valence-electron chi connectivity index (χ3n) is 4.11. The molecule has 0 atom stereocenters. The second-order valence-electron chi connectivity index (χ2n) is 6.61. The molecule has 34 heavy (non-hydrogen) atoms. The van der Waals surface area contributed by atoms with Crippen LogP contribution in [-0.2, 0) is 13.1 Å². The first-order valence-electron chi connectivity index (χ1n) is 9.02. The number of aromatic nitrogens is 2. The van der Waals surface area contributed by atoms with Crippen LogP contribution in [0.4, 0.5) is 27.6 Å². The number of anilines is 1. The van der Waals surface area contributed by atoms with E-state index in [1.54, 1.807) is 0 Å². The molecule has 0 saturated carbocycles. The number of nitrogens with two attached hydrogens (primary N) is 1. The average Bonchev–Trinajstić information content (AvgIpc) is 3.10. The molecule has 9 nitrogen and oxygen atoms in total. The van der Waals surface area contributed by atoms with Crippen molar-refractivity contribution in [2.24, 2.45) is 15.8 Å². The zero-order chi connectivity index (χ0) is 25.2. The van der Waals surface area contributed by atoms with Crippen LogP contribution in [0.15, 0.2) is 39.0 Å². The van der Waals surface area contributed by atoms with Gasteiger partial charge in [0.15, 0.2) is 0 Å². The SMILES string of the molecule is NC(=O)c1cc(Cl)cc(Br)c1NC(=O)c1cc(CN2C=C=NC(C(F)(F)F)=N2)nn1CC(F)F. The number of hydrogen-bond acceptors (Lipinski definition) is 6. The van der Waals surface area contributed by atoms with E-state index < -0.39 is 43.3 Å². The van der Waals surface area contributed by atoms with Crippen molar-refractivity contribution in [1.82, 2.24) is 14.8 Å². The first-order valence-corrected chi connectivity index (χ1v) is 10.2. The standard InChI is InChI=1S/C18H12BrClF5N7O2/c19-11-4-8(20)3-10(15(26)33)14(11)28-16(34)12-5-9(29-32(12)7-13(21)22)6-31-2-1-27-17(30-31)18(23,24)25/h2-5,13H,6-7H2,(H2,26,33)(H,28,34). The van der Waals surface area contributed by atoms with Gasteiger partial charge >= 0.3 is 6.18 Å². The molecule has 0 fully saturated rings. The van der Waals surface area contributed by atoms with Crippen molar-refractivity contribution in [3.8, 4) is 0 Å². The van der Waals surface area contributed by atoms with Gasteiger partial charge in [-0.1, -0.05) is 11.6 Å². The number of carbonyl (C=O) groups is 2. The second kappa shape index (κ2) is 9.91. The number of amides is 2. The van der Waals surface area contributed by atoms with Gasteiger partial charge in [-0.25, -0.2) is 8.78 Å². The number of benzene rings is 1. The number of alkyl halides is 5. The smallest absolute Gasteiger partial charge is 0.366 e. The molecule has 0 radical (unpaired) electrons. The van der Waals surface area contributed by atoms with Gasteiger partial charge in [0, 0.05) is 15.4 Å². The molecule has 3 rings (SSSR count). The van der Waals surface area contributed by atoms with E-state index in [4.69, 9.17) is 17.3 Å². The highest BCUT2D eigenvalue weighted by Gasteiger charge is 2.37. The Hall–Kier alpha value is -3.29. The lowest BCUT2D eigenvalue weighted by atomic mass is 10.1. The fourth-order valence-electron chi connectivity index (χ4n) is 2.77. The quantitative estimate of drug-likeness (QED) is 0.494. The minimum Gasteiger partial charge on any atom is -0.366 e. The maximum absolute atomic E-state index is 13.1. The van der Waals surface area contributed by atoms with Crippen LogP contribution in [0, 0.1) is 0 Å². The fraction of sp³-hybridized carbons (Fsp3) is 0.222. The van der Waals surface area contributed by atoms with Crippen LogP contribution < -0.4 is 11.1 Å². The van der Waals surface area contributed by atoms with Gasteiger partial charge in [-0.15, -0.1) is 5.10 Å². The topological polar surface area (TPSA) is 118 Å². The van der Waals surface area contributed by atoms with Crippen LogP contribution in [-0.4, -0.2) is 50.9 Å². The van der Waals surface area contributed by atoms with E-state index in [1.165, 1.54) is 12.1 Å². The van der Waals surface area contributed by atoms with Crippen molar-refractivity contribution in [3.63, 3.8) is 0 Å². The van der Waals surface area contributed by atoms with E-state index in [0.29, 0.717) is 4.68 Å². The zero-order valence-electron chi connectivity index (χ0n) is 16.6. The summed E-state index contributed by atoms with van der Waals surface area (Å²) in [5, 5.41) is 10.5. The van der Waals surface area contributed by atoms with Crippen LogP contribution in [0.5, 0.6) is 0 Å². The number of amidine groups is 1. The minimum atomic E-state index is -4.83. The number of carbonyl (C=O) groups excluding carboxylic acids is 2. The summed E-state index contributed by atoms with van der Waals surface area (Å²) in [6.45, 7) is -1.39. The number of hydrogen-bond donors (Lipinski definition) is 2. The number of aliphatic imine (C=N–C) groups is 1. The predicted molar refractivity (Wildman–Crippen MR) is 115 cm³/mol. The van der Waals surface area contributed by atoms with E-state index in [1.807, 2.05) is 5.87 Å². The maximum atomic E-state index is 13.1. The highest BCUT2D eigenvalue weighted by Crippen LogP contribution is 2.31. The Morgan fingerprint density at radius 1 is 1.26 bits per heavy atom. The number of rotatable bonds is 7. The summed E-state index contributed by atoms with van der Waals surface area (Å²) in [5.74, 6) is -1.30. The van der Waals surface area contributed by atoms with Crippen molar-refractivity contribution in [2.75, 3.05) is 5.32 Å². The molecule has 0 aliphatic carbocycles. The van der Waals surface area contributed by atoms with Crippen molar-refractivity contribution >= 4 is 56.7 Å². The van der Waals surface area contributed by atoms with E-state index >= 15 is 0 Å². The van der Waals surface area contributed by atoms with E-state index in [2.05, 4.69) is 36.4 Å². The molecule has 16 heteroatoms. The van der Waals surface area contributed by atoms with Crippen LogP contribution >= 0.6 is 27.5 Å². The zero-order valence-corrected chi connectivity index (χ0v) is 18.9. The Morgan fingerprint density at radius 3 is 2.59 bits per heavy atom. The fourth-order valence-corrected chi connectivity index (χ4v) is 3.68. The van der Waals surface area contributed by atoms with E-state index in [-0.39, 0.29) is 32.1 Å². The monoisotopic (exact) mass is 567 g/mol. The third-order valence-corrected chi connectivity index (χ3v) is 4.95. The van der Waals surface area contributed by atoms with Crippen LogP contribution in [0.25, 0.3) is 0 Å². The Bertz CT molecular complexity index is 1240. The molecule has 0 bridgehead atoms. The molecule has 2 heterocycles. The van der Waals surface area contributed by atoms with Gasteiger partial charge in [-0.05, 0) is 34.1 Å². The number of nitrogens with one attached hydrogen (secondary N) is 1. The average molecular weight is 569 g/mol. The summed E-state index contributed by atoms with van der Waals surface area (Å²) in [7, 11) is 0. The summed E-state index contributed by atoms with van der Waals surface area (Å²) in [5.41, 5.74) is 4.68. The summed E-state index contributed by atoms with van der Waals surface area (Å²) in [6.07, 6.45) is -6.74. The first kappa shape index (κ1) is 25.3.